The van der Waals surface area contributed by atoms with Crippen molar-refractivity contribution in [3.8, 4) is 5.88 Å². The first-order chi connectivity index (χ1) is 11.3. The molecule has 6 heteroatoms. The molecule has 1 aromatic heterocycles. The summed E-state index contributed by atoms with van der Waals surface area (Å²) in [6, 6.07) is 2.57. The number of methoxy groups -OCH3 is 1. The van der Waals surface area contributed by atoms with Crippen molar-refractivity contribution in [2.24, 2.45) is 0 Å². The number of anilines is 1. The lowest BCUT2D eigenvalue weighted by molar-refractivity contribution is 0.00981. The molecule has 2 heterocycles. The fourth-order valence-corrected chi connectivity index (χ4v) is 3.44. The molecule has 1 aromatic rings. The largest absolute Gasteiger partial charge is 0.481 e. The number of nitrogens with zero attached hydrogens (tertiary/aromatic N) is 4. The highest BCUT2D eigenvalue weighted by Gasteiger charge is 2.35. The lowest BCUT2D eigenvalue weighted by Crippen LogP contribution is -2.60. The van der Waals surface area contributed by atoms with Crippen molar-refractivity contribution in [2.75, 3.05) is 31.6 Å². The summed E-state index contributed by atoms with van der Waals surface area (Å²) in [7, 11) is 1.64. The summed E-state index contributed by atoms with van der Waals surface area (Å²) in [6.45, 7) is 12.6. The number of rotatable bonds is 6. The minimum Gasteiger partial charge on any atom is -0.481 e. The van der Waals surface area contributed by atoms with Crippen LogP contribution < -0.4 is 9.64 Å². The Bertz CT molecular complexity index is 544. The second-order valence-electron chi connectivity index (χ2n) is 7.37. The molecule has 6 nitrogen and oxygen atoms in total. The molecule has 1 fully saturated rings. The molecule has 136 valence electrons. The van der Waals surface area contributed by atoms with Gasteiger partial charge in [0.1, 0.15) is 0 Å². The standard InChI is InChI=1S/C18H32N4O2/c1-7-14-11-22(17-19-13(3)9-16(20-17)24-6)15(8-2)10-21(14)12-18(4,5)23/h9,14-15,23H,7-8,10-12H2,1-6H3/t14-,15+/m0/s1. The molecule has 0 spiro atoms. The van der Waals surface area contributed by atoms with Gasteiger partial charge in [-0.1, -0.05) is 13.8 Å². The summed E-state index contributed by atoms with van der Waals surface area (Å²) < 4.78 is 5.31. The van der Waals surface area contributed by atoms with E-state index in [9.17, 15) is 5.11 Å². The number of hydrogen-bond donors (Lipinski definition) is 1. The van der Waals surface area contributed by atoms with E-state index in [0.717, 1.165) is 37.6 Å². The Morgan fingerprint density at radius 1 is 1.21 bits per heavy atom. The van der Waals surface area contributed by atoms with Gasteiger partial charge in [0.25, 0.3) is 0 Å². The molecule has 1 saturated heterocycles. The minimum atomic E-state index is -0.684. The summed E-state index contributed by atoms with van der Waals surface area (Å²) in [5, 5.41) is 10.2. The van der Waals surface area contributed by atoms with Gasteiger partial charge in [0, 0.05) is 43.5 Å². The number of aliphatic hydroxyl groups is 1. The molecule has 0 amide bonds. The van der Waals surface area contributed by atoms with Crippen LogP contribution in [-0.2, 0) is 0 Å². The third kappa shape index (κ3) is 4.57. The van der Waals surface area contributed by atoms with Crippen molar-refractivity contribution in [3.05, 3.63) is 11.8 Å². The quantitative estimate of drug-likeness (QED) is 0.860. The van der Waals surface area contributed by atoms with Crippen LogP contribution >= 0.6 is 0 Å². The summed E-state index contributed by atoms with van der Waals surface area (Å²) in [6.07, 6.45) is 2.05. The Kier molecular flexibility index (Phi) is 6.04. The second kappa shape index (κ2) is 7.66. The maximum absolute atomic E-state index is 10.2. The van der Waals surface area contributed by atoms with Gasteiger partial charge in [0.05, 0.1) is 12.7 Å². The monoisotopic (exact) mass is 336 g/mol. The van der Waals surface area contributed by atoms with E-state index in [1.807, 2.05) is 26.8 Å². The van der Waals surface area contributed by atoms with Crippen molar-refractivity contribution in [1.29, 1.82) is 0 Å². The average Bonchev–Trinajstić information content (AvgIpc) is 2.52. The van der Waals surface area contributed by atoms with Crippen LogP contribution in [-0.4, -0.2) is 64.4 Å². The number of piperazine rings is 1. The van der Waals surface area contributed by atoms with Gasteiger partial charge in [-0.05, 0) is 33.6 Å². The normalized spacial score (nSPS) is 22.7. The first-order valence-electron chi connectivity index (χ1n) is 8.90. The van der Waals surface area contributed by atoms with Gasteiger partial charge in [-0.15, -0.1) is 0 Å². The number of hydrogen-bond acceptors (Lipinski definition) is 6. The van der Waals surface area contributed by atoms with E-state index in [-0.39, 0.29) is 0 Å². The van der Waals surface area contributed by atoms with Gasteiger partial charge >= 0.3 is 0 Å². The Morgan fingerprint density at radius 2 is 1.88 bits per heavy atom. The summed E-state index contributed by atoms with van der Waals surface area (Å²) in [5.74, 6) is 1.36. The van der Waals surface area contributed by atoms with Crippen molar-refractivity contribution in [3.63, 3.8) is 0 Å². The average molecular weight is 336 g/mol. The van der Waals surface area contributed by atoms with Gasteiger partial charge in [0.2, 0.25) is 11.8 Å². The number of ether oxygens (including phenoxy) is 1. The first kappa shape index (κ1) is 18.9. The Hall–Kier alpha value is -1.40. The fraction of sp³-hybridized carbons (Fsp3) is 0.778. The molecule has 1 N–H and O–H groups in total. The zero-order valence-electron chi connectivity index (χ0n) is 15.9. The van der Waals surface area contributed by atoms with Crippen LogP contribution in [0.4, 0.5) is 5.95 Å². The SMILES string of the molecule is CC[C@H]1CN(c2nc(C)cc(OC)n2)[C@H](CC)CN1CC(C)(C)O. The van der Waals surface area contributed by atoms with Crippen LogP contribution in [0.25, 0.3) is 0 Å². The highest BCUT2D eigenvalue weighted by Crippen LogP contribution is 2.26. The minimum absolute atomic E-state index is 0.335. The molecule has 0 unspecified atom stereocenters. The second-order valence-corrected chi connectivity index (χ2v) is 7.37. The van der Waals surface area contributed by atoms with E-state index in [0.29, 0.717) is 24.5 Å². The zero-order chi connectivity index (χ0) is 17.9. The first-order valence-corrected chi connectivity index (χ1v) is 8.90. The van der Waals surface area contributed by atoms with E-state index < -0.39 is 5.60 Å². The van der Waals surface area contributed by atoms with Gasteiger partial charge in [-0.3, -0.25) is 4.90 Å². The van der Waals surface area contributed by atoms with Crippen LogP contribution in [0.5, 0.6) is 5.88 Å². The lowest BCUT2D eigenvalue weighted by atomic mass is 10.00. The van der Waals surface area contributed by atoms with Crippen LogP contribution in [0.15, 0.2) is 6.07 Å². The molecule has 1 aliphatic rings. The van der Waals surface area contributed by atoms with E-state index in [4.69, 9.17) is 4.74 Å². The Morgan fingerprint density at radius 3 is 2.42 bits per heavy atom. The third-order valence-corrected chi connectivity index (χ3v) is 4.63. The summed E-state index contributed by atoms with van der Waals surface area (Å²) in [4.78, 5) is 13.9. The lowest BCUT2D eigenvalue weighted by Gasteiger charge is -2.47. The molecule has 0 aliphatic carbocycles. The number of aromatic nitrogens is 2. The topological polar surface area (TPSA) is 61.7 Å². The molecular weight excluding hydrogens is 304 g/mol. The van der Waals surface area contributed by atoms with Crippen molar-refractivity contribution < 1.29 is 9.84 Å². The predicted octanol–water partition coefficient (Wildman–Crippen LogP) is 2.24. The van der Waals surface area contributed by atoms with Gasteiger partial charge in [-0.2, -0.15) is 4.98 Å². The third-order valence-electron chi connectivity index (χ3n) is 4.63. The highest BCUT2D eigenvalue weighted by molar-refractivity contribution is 5.37. The maximum Gasteiger partial charge on any atom is 0.229 e. The molecule has 0 aromatic carbocycles. The molecule has 1 aliphatic heterocycles. The van der Waals surface area contributed by atoms with Crippen LogP contribution in [0.2, 0.25) is 0 Å². The van der Waals surface area contributed by atoms with Crippen molar-refractivity contribution >= 4 is 5.95 Å². The van der Waals surface area contributed by atoms with Crippen molar-refractivity contribution in [1.82, 2.24) is 14.9 Å². The van der Waals surface area contributed by atoms with Gasteiger partial charge in [0.15, 0.2) is 0 Å². The predicted molar refractivity (Wildman–Crippen MR) is 96.7 cm³/mol. The Labute approximate surface area is 145 Å². The van der Waals surface area contributed by atoms with Gasteiger partial charge in [-0.25, -0.2) is 4.98 Å². The van der Waals surface area contributed by atoms with Crippen LogP contribution in [0.3, 0.4) is 0 Å². The highest BCUT2D eigenvalue weighted by atomic mass is 16.5. The smallest absolute Gasteiger partial charge is 0.229 e. The molecule has 24 heavy (non-hydrogen) atoms. The molecule has 0 saturated carbocycles. The summed E-state index contributed by atoms with van der Waals surface area (Å²) in [5.41, 5.74) is 0.232. The van der Waals surface area contributed by atoms with E-state index in [1.165, 1.54) is 0 Å². The molecule has 2 atom stereocenters. The van der Waals surface area contributed by atoms with Crippen LogP contribution in [0, 0.1) is 6.92 Å². The fourth-order valence-electron chi connectivity index (χ4n) is 3.44. The molecule has 0 bridgehead atoms. The Balaban J connectivity index is 2.27. The van der Waals surface area contributed by atoms with E-state index in [2.05, 4.69) is 33.6 Å². The molecule has 0 radical (unpaired) electrons. The maximum atomic E-state index is 10.2. The van der Waals surface area contributed by atoms with Gasteiger partial charge < -0.3 is 14.7 Å². The zero-order valence-corrected chi connectivity index (χ0v) is 15.9. The van der Waals surface area contributed by atoms with Crippen LogP contribution in [0.1, 0.15) is 46.2 Å². The number of β-amino-alcohol motifs (C(OH)–C–C–N with tert-alkyl or cyclic N) is 1. The number of aryl methyl sites for hydroxylation is 1. The van der Waals surface area contributed by atoms with E-state index in [1.54, 1.807) is 7.11 Å². The molecule has 2 rings (SSSR count). The van der Waals surface area contributed by atoms with E-state index >= 15 is 0 Å². The van der Waals surface area contributed by atoms with Crippen molar-refractivity contribution in [2.45, 2.75) is 65.1 Å². The molecular formula is C18H32N4O2. The summed E-state index contributed by atoms with van der Waals surface area (Å²) >= 11 is 0.